The fourth-order valence-corrected chi connectivity index (χ4v) is 3.35. The van der Waals surface area contributed by atoms with Crippen LogP contribution in [0.3, 0.4) is 0 Å². The number of ether oxygens (including phenoxy) is 4. The van der Waals surface area contributed by atoms with Crippen molar-refractivity contribution in [1.82, 2.24) is 9.55 Å². The molecule has 0 amide bonds. The Morgan fingerprint density at radius 1 is 0.700 bits per heavy atom. The SMILES string of the molecule is COc1ccccc1OCCn1c(COc2ccccc2OC)nc2ccccc21. The average Bonchev–Trinajstić information content (AvgIpc) is 3.15. The summed E-state index contributed by atoms with van der Waals surface area (Å²) in [5.74, 6) is 3.64. The van der Waals surface area contributed by atoms with Gasteiger partial charge >= 0.3 is 0 Å². The van der Waals surface area contributed by atoms with Crippen molar-refractivity contribution in [2.75, 3.05) is 20.8 Å². The standard InChI is InChI=1S/C24H24N2O4/c1-27-20-11-5-7-13-22(20)29-16-15-26-19-10-4-3-9-18(19)25-24(26)17-30-23-14-8-6-12-21(23)28-2/h3-14H,15-17H2,1-2H3. The fraction of sp³-hybridized carbons (Fsp3) is 0.208. The molecule has 0 N–H and O–H groups in total. The van der Waals surface area contributed by atoms with Crippen LogP contribution in [-0.4, -0.2) is 30.4 Å². The van der Waals surface area contributed by atoms with Gasteiger partial charge in [0, 0.05) is 0 Å². The second-order valence-corrected chi connectivity index (χ2v) is 6.61. The highest BCUT2D eigenvalue weighted by molar-refractivity contribution is 5.75. The smallest absolute Gasteiger partial charge is 0.161 e. The molecule has 0 radical (unpaired) electrons. The molecule has 0 unspecified atom stereocenters. The van der Waals surface area contributed by atoms with Gasteiger partial charge in [0.1, 0.15) is 19.0 Å². The summed E-state index contributed by atoms with van der Waals surface area (Å²) < 4.78 is 24.8. The van der Waals surface area contributed by atoms with Crippen LogP contribution in [0, 0.1) is 0 Å². The highest BCUT2D eigenvalue weighted by Crippen LogP contribution is 2.28. The first-order chi connectivity index (χ1) is 14.8. The molecule has 1 aromatic heterocycles. The molecule has 0 saturated carbocycles. The largest absolute Gasteiger partial charge is 0.493 e. The van der Waals surface area contributed by atoms with Crippen molar-refractivity contribution in [1.29, 1.82) is 0 Å². The van der Waals surface area contributed by atoms with Crippen molar-refractivity contribution in [2.45, 2.75) is 13.2 Å². The molecule has 1 heterocycles. The number of aromatic nitrogens is 2. The van der Waals surface area contributed by atoms with Gasteiger partial charge in [-0.05, 0) is 36.4 Å². The summed E-state index contributed by atoms with van der Waals surface area (Å²) in [7, 11) is 3.27. The van der Waals surface area contributed by atoms with Crippen LogP contribution in [0.4, 0.5) is 0 Å². The van der Waals surface area contributed by atoms with Crippen LogP contribution in [0.25, 0.3) is 11.0 Å². The second kappa shape index (κ2) is 9.22. The normalized spacial score (nSPS) is 10.7. The number of rotatable bonds is 9. The van der Waals surface area contributed by atoms with Gasteiger partial charge in [-0.15, -0.1) is 0 Å². The fourth-order valence-electron chi connectivity index (χ4n) is 3.35. The van der Waals surface area contributed by atoms with Crippen LogP contribution < -0.4 is 18.9 Å². The molecule has 0 spiro atoms. The van der Waals surface area contributed by atoms with E-state index in [1.165, 1.54) is 0 Å². The third-order valence-corrected chi connectivity index (χ3v) is 4.80. The van der Waals surface area contributed by atoms with Crippen LogP contribution in [0.2, 0.25) is 0 Å². The van der Waals surface area contributed by atoms with Gasteiger partial charge in [0.15, 0.2) is 23.0 Å². The Morgan fingerprint density at radius 3 is 1.93 bits per heavy atom. The van der Waals surface area contributed by atoms with Crippen molar-refractivity contribution < 1.29 is 18.9 Å². The molecule has 0 aliphatic rings. The van der Waals surface area contributed by atoms with Crippen molar-refractivity contribution in [2.24, 2.45) is 0 Å². The molecule has 4 aromatic rings. The monoisotopic (exact) mass is 404 g/mol. The minimum atomic E-state index is 0.323. The third-order valence-electron chi connectivity index (χ3n) is 4.80. The van der Waals surface area contributed by atoms with E-state index < -0.39 is 0 Å². The minimum Gasteiger partial charge on any atom is -0.493 e. The maximum atomic E-state index is 6.02. The van der Waals surface area contributed by atoms with E-state index in [9.17, 15) is 0 Å². The molecule has 0 atom stereocenters. The first-order valence-corrected chi connectivity index (χ1v) is 9.76. The number of para-hydroxylation sites is 6. The molecular weight excluding hydrogens is 380 g/mol. The summed E-state index contributed by atoms with van der Waals surface area (Å²) in [6.07, 6.45) is 0. The number of methoxy groups -OCH3 is 2. The average molecular weight is 404 g/mol. The van der Waals surface area contributed by atoms with E-state index in [0.29, 0.717) is 37.0 Å². The number of nitrogens with zero attached hydrogens (tertiary/aromatic N) is 2. The third kappa shape index (κ3) is 4.17. The van der Waals surface area contributed by atoms with Crippen LogP contribution in [0.5, 0.6) is 23.0 Å². The van der Waals surface area contributed by atoms with E-state index in [4.69, 9.17) is 23.9 Å². The van der Waals surface area contributed by atoms with E-state index in [0.717, 1.165) is 22.6 Å². The van der Waals surface area contributed by atoms with E-state index in [1.54, 1.807) is 14.2 Å². The summed E-state index contributed by atoms with van der Waals surface area (Å²) in [5, 5.41) is 0. The summed E-state index contributed by atoms with van der Waals surface area (Å²) in [5.41, 5.74) is 1.97. The summed E-state index contributed by atoms with van der Waals surface area (Å²) in [6, 6.07) is 23.3. The van der Waals surface area contributed by atoms with E-state index in [-0.39, 0.29) is 0 Å². The lowest BCUT2D eigenvalue weighted by molar-refractivity contribution is 0.257. The van der Waals surface area contributed by atoms with Gasteiger partial charge < -0.3 is 23.5 Å². The molecule has 3 aromatic carbocycles. The predicted molar refractivity (Wildman–Crippen MR) is 116 cm³/mol. The molecule has 0 aliphatic heterocycles. The Bertz CT molecular complexity index is 1120. The Labute approximate surface area is 175 Å². The van der Waals surface area contributed by atoms with E-state index in [1.807, 2.05) is 66.7 Å². The number of hydrogen-bond donors (Lipinski definition) is 0. The van der Waals surface area contributed by atoms with Gasteiger partial charge in [-0.1, -0.05) is 36.4 Å². The molecule has 0 saturated heterocycles. The van der Waals surface area contributed by atoms with Crippen molar-refractivity contribution in [3.05, 3.63) is 78.6 Å². The molecule has 0 aliphatic carbocycles. The predicted octanol–water partition coefficient (Wildman–Crippen LogP) is 4.71. The summed E-state index contributed by atoms with van der Waals surface area (Å²) >= 11 is 0. The molecular formula is C24H24N2O4. The van der Waals surface area contributed by atoms with Crippen molar-refractivity contribution >= 4 is 11.0 Å². The zero-order valence-corrected chi connectivity index (χ0v) is 17.1. The Hall–Kier alpha value is -3.67. The molecule has 6 heteroatoms. The zero-order valence-electron chi connectivity index (χ0n) is 17.1. The maximum Gasteiger partial charge on any atom is 0.161 e. The Morgan fingerprint density at radius 2 is 1.27 bits per heavy atom. The lowest BCUT2D eigenvalue weighted by Gasteiger charge is -2.14. The van der Waals surface area contributed by atoms with Crippen molar-refractivity contribution in [3.63, 3.8) is 0 Å². The van der Waals surface area contributed by atoms with Gasteiger partial charge in [-0.25, -0.2) is 4.98 Å². The second-order valence-electron chi connectivity index (χ2n) is 6.61. The minimum absolute atomic E-state index is 0.323. The Balaban J connectivity index is 1.53. The van der Waals surface area contributed by atoms with E-state index >= 15 is 0 Å². The first kappa shape index (κ1) is 19.6. The number of fused-ring (bicyclic) bond motifs is 1. The topological polar surface area (TPSA) is 54.7 Å². The van der Waals surface area contributed by atoms with Gasteiger partial charge in [0.05, 0.1) is 31.8 Å². The van der Waals surface area contributed by atoms with Crippen LogP contribution in [-0.2, 0) is 13.2 Å². The molecule has 154 valence electrons. The lowest BCUT2D eigenvalue weighted by atomic mass is 10.3. The van der Waals surface area contributed by atoms with Gasteiger partial charge in [-0.3, -0.25) is 0 Å². The summed E-state index contributed by atoms with van der Waals surface area (Å²) in [4.78, 5) is 4.76. The van der Waals surface area contributed by atoms with Gasteiger partial charge in [-0.2, -0.15) is 0 Å². The molecule has 4 rings (SSSR count). The summed E-state index contributed by atoms with van der Waals surface area (Å²) in [6.45, 7) is 1.43. The van der Waals surface area contributed by atoms with Crippen LogP contribution in [0.1, 0.15) is 5.82 Å². The maximum absolute atomic E-state index is 6.02. The molecule has 0 fully saturated rings. The van der Waals surface area contributed by atoms with Gasteiger partial charge in [0.25, 0.3) is 0 Å². The molecule has 30 heavy (non-hydrogen) atoms. The number of hydrogen-bond acceptors (Lipinski definition) is 5. The van der Waals surface area contributed by atoms with Gasteiger partial charge in [0.2, 0.25) is 0 Å². The van der Waals surface area contributed by atoms with E-state index in [2.05, 4.69) is 10.6 Å². The highest BCUT2D eigenvalue weighted by Gasteiger charge is 2.13. The first-order valence-electron chi connectivity index (χ1n) is 9.76. The Kier molecular flexibility index (Phi) is 6.03. The quantitative estimate of drug-likeness (QED) is 0.404. The molecule has 0 bridgehead atoms. The van der Waals surface area contributed by atoms with Crippen LogP contribution >= 0.6 is 0 Å². The van der Waals surface area contributed by atoms with Crippen LogP contribution in [0.15, 0.2) is 72.8 Å². The lowest BCUT2D eigenvalue weighted by Crippen LogP contribution is -2.13. The highest BCUT2D eigenvalue weighted by atomic mass is 16.5. The van der Waals surface area contributed by atoms with Crippen molar-refractivity contribution in [3.8, 4) is 23.0 Å². The zero-order chi connectivity index (χ0) is 20.8. The molecule has 6 nitrogen and oxygen atoms in total. The number of benzene rings is 3. The number of imidazole rings is 1.